The van der Waals surface area contributed by atoms with Crippen LogP contribution in [0.2, 0.25) is 0 Å². The Hall–Kier alpha value is -2.18. The second-order valence-electron chi connectivity index (χ2n) is 5.05. The molecule has 0 saturated carbocycles. The third-order valence-electron chi connectivity index (χ3n) is 3.48. The van der Waals surface area contributed by atoms with Crippen molar-refractivity contribution in [3.63, 3.8) is 0 Å². The predicted octanol–water partition coefficient (Wildman–Crippen LogP) is 2.32. The Morgan fingerprint density at radius 2 is 2.05 bits per heavy atom. The van der Waals surface area contributed by atoms with E-state index in [9.17, 15) is 18.4 Å². The molecule has 0 aromatic heterocycles. The van der Waals surface area contributed by atoms with Crippen molar-refractivity contribution >= 4 is 12.0 Å². The second-order valence-corrected chi connectivity index (χ2v) is 5.05. The minimum atomic E-state index is -0.884. The maximum Gasteiger partial charge on any atom is 0.407 e. The highest BCUT2D eigenvalue weighted by Gasteiger charge is 2.28. The lowest BCUT2D eigenvalue weighted by Gasteiger charge is -2.33. The molecule has 120 valence electrons. The first-order valence-electron chi connectivity index (χ1n) is 7.19. The van der Waals surface area contributed by atoms with E-state index in [0.29, 0.717) is 19.4 Å². The normalized spacial score (nSPS) is 18.0. The average Bonchev–Trinajstić information content (AvgIpc) is 2.47. The molecule has 1 N–H and O–H groups in total. The molecule has 1 aromatic rings. The van der Waals surface area contributed by atoms with Crippen LogP contribution in [0.25, 0.3) is 0 Å². The quantitative estimate of drug-likeness (QED) is 0.932. The summed E-state index contributed by atoms with van der Waals surface area (Å²) >= 11 is 0. The van der Waals surface area contributed by atoms with Crippen LogP contribution in [0.1, 0.15) is 30.1 Å². The highest BCUT2D eigenvalue weighted by molar-refractivity contribution is 5.94. The maximum absolute atomic E-state index is 13.7. The first-order valence-corrected chi connectivity index (χ1v) is 7.19. The molecule has 7 heteroatoms. The van der Waals surface area contributed by atoms with Gasteiger partial charge in [-0.3, -0.25) is 4.79 Å². The number of piperidine rings is 1. The minimum Gasteiger partial charge on any atom is -0.450 e. The molecule has 1 heterocycles. The van der Waals surface area contributed by atoms with Crippen LogP contribution in [0.5, 0.6) is 0 Å². The van der Waals surface area contributed by atoms with E-state index >= 15 is 0 Å². The molecule has 5 nitrogen and oxygen atoms in total. The Bertz CT molecular complexity index is 545. The smallest absolute Gasteiger partial charge is 0.407 e. The van der Waals surface area contributed by atoms with Gasteiger partial charge >= 0.3 is 6.09 Å². The summed E-state index contributed by atoms with van der Waals surface area (Å²) in [6, 6.07) is 3.03. The summed E-state index contributed by atoms with van der Waals surface area (Å²) in [5.74, 6) is -2.47. The number of rotatable bonds is 3. The van der Waals surface area contributed by atoms with Crippen molar-refractivity contribution in [2.45, 2.75) is 25.8 Å². The maximum atomic E-state index is 13.7. The Labute approximate surface area is 127 Å². The number of alkyl carbamates (subject to hydrolysis) is 1. The molecular weight excluding hydrogens is 294 g/mol. The Kier molecular flexibility index (Phi) is 5.30. The molecule has 1 aromatic carbocycles. The zero-order valence-electron chi connectivity index (χ0n) is 12.3. The lowest BCUT2D eigenvalue weighted by atomic mass is 10.0. The van der Waals surface area contributed by atoms with E-state index in [1.807, 2.05) is 0 Å². The van der Waals surface area contributed by atoms with Crippen LogP contribution >= 0.6 is 0 Å². The monoisotopic (exact) mass is 312 g/mol. The van der Waals surface area contributed by atoms with Crippen molar-refractivity contribution in [1.29, 1.82) is 0 Å². The molecule has 0 aliphatic carbocycles. The fourth-order valence-electron chi connectivity index (χ4n) is 2.48. The molecule has 1 atom stereocenters. The van der Waals surface area contributed by atoms with E-state index in [2.05, 4.69) is 5.32 Å². The molecule has 1 saturated heterocycles. The number of amides is 2. The van der Waals surface area contributed by atoms with Gasteiger partial charge in [-0.1, -0.05) is 6.07 Å². The van der Waals surface area contributed by atoms with Gasteiger partial charge in [0.1, 0.15) is 17.2 Å². The number of ether oxygens (including phenoxy) is 1. The molecule has 0 bridgehead atoms. The first-order chi connectivity index (χ1) is 10.5. The molecule has 0 unspecified atom stereocenters. The zero-order chi connectivity index (χ0) is 16.1. The van der Waals surface area contributed by atoms with Gasteiger partial charge in [0.05, 0.1) is 6.61 Å². The van der Waals surface area contributed by atoms with Crippen molar-refractivity contribution < 1.29 is 23.1 Å². The molecular formula is C15H18F2N2O3. The SMILES string of the molecule is CCOC(=O)N[C@@H]1CCCN(C(=O)c2c(F)cccc2F)C1. The van der Waals surface area contributed by atoms with Crippen molar-refractivity contribution in [1.82, 2.24) is 10.2 Å². The summed E-state index contributed by atoms with van der Waals surface area (Å²) in [5.41, 5.74) is -0.556. The third kappa shape index (κ3) is 3.72. The van der Waals surface area contributed by atoms with Gasteiger partial charge in [-0.15, -0.1) is 0 Å². The summed E-state index contributed by atoms with van der Waals surface area (Å²) in [6.07, 6.45) is 0.764. The second kappa shape index (κ2) is 7.20. The van der Waals surface area contributed by atoms with Crippen LogP contribution in [0.15, 0.2) is 18.2 Å². The molecule has 1 fully saturated rings. The number of nitrogens with one attached hydrogen (secondary N) is 1. The van der Waals surface area contributed by atoms with Gasteiger partial charge in [-0.05, 0) is 31.9 Å². The van der Waals surface area contributed by atoms with Crippen LogP contribution in [0.3, 0.4) is 0 Å². The third-order valence-corrected chi connectivity index (χ3v) is 3.48. The Morgan fingerprint density at radius 3 is 2.68 bits per heavy atom. The Balaban J connectivity index is 2.06. The molecule has 2 amide bonds. The number of hydrogen-bond donors (Lipinski definition) is 1. The highest BCUT2D eigenvalue weighted by atomic mass is 19.1. The summed E-state index contributed by atoms with van der Waals surface area (Å²) in [7, 11) is 0. The standard InChI is InChI=1S/C15H18F2N2O3/c1-2-22-15(21)18-10-5-4-8-19(9-10)14(20)13-11(16)6-3-7-12(13)17/h3,6-7,10H,2,4-5,8-9H2,1H3,(H,18,21)/t10-/m1/s1. The van der Waals surface area contributed by atoms with Gasteiger partial charge in [-0.25, -0.2) is 13.6 Å². The summed E-state index contributed by atoms with van der Waals surface area (Å²) in [4.78, 5) is 25.1. The van der Waals surface area contributed by atoms with Gasteiger partial charge in [0, 0.05) is 19.1 Å². The summed E-state index contributed by atoms with van der Waals surface area (Å²) < 4.78 is 32.2. The van der Waals surface area contributed by atoms with E-state index in [0.717, 1.165) is 12.1 Å². The highest BCUT2D eigenvalue weighted by Crippen LogP contribution is 2.18. The fraction of sp³-hybridized carbons (Fsp3) is 0.467. The largest absolute Gasteiger partial charge is 0.450 e. The number of carbonyl (C=O) groups excluding carboxylic acids is 2. The molecule has 22 heavy (non-hydrogen) atoms. The number of carbonyl (C=O) groups is 2. The van der Waals surface area contributed by atoms with Crippen LogP contribution < -0.4 is 5.32 Å². The lowest BCUT2D eigenvalue weighted by molar-refractivity contribution is 0.0676. The number of hydrogen-bond acceptors (Lipinski definition) is 3. The zero-order valence-corrected chi connectivity index (χ0v) is 12.3. The van der Waals surface area contributed by atoms with Gasteiger partial charge in [0.15, 0.2) is 0 Å². The van der Waals surface area contributed by atoms with Crippen LogP contribution in [0.4, 0.5) is 13.6 Å². The van der Waals surface area contributed by atoms with E-state index in [1.165, 1.54) is 11.0 Å². The van der Waals surface area contributed by atoms with Gasteiger partial charge < -0.3 is 15.0 Å². The molecule has 0 spiro atoms. The van der Waals surface area contributed by atoms with E-state index in [1.54, 1.807) is 6.92 Å². The van der Waals surface area contributed by atoms with Crippen molar-refractivity contribution in [3.05, 3.63) is 35.4 Å². The topological polar surface area (TPSA) is 58.6 Å². The summed E-state index contributed by atoms with van der Waals surface area (Å²) in [6.45, 7) is 2.54. The number of benzene rings is 1. The van der Waals surface area contributed by atoms with Crippen molar-refractivity contribution in [3.8, 4) is 0 Å². The van der Waals surface area contributed by atoms with Gasteiger partial charge in [0.25, 0.3) is 5.91 Å². The number of nitrogens with zero attached hydrogens (tertiary/aromatic N) is 1. The lowest BCUT2D eigenvalue weighted by Crippen LogP contribution is -2.50. The average molecular weight is 312 g/mol. The van der Waals surface area contributed by atoms with Crippen LogP contribution in [-0.4, -0.2) is 42.6 Å². The molecule has 1 aliphatic heterocycles. The number of likely N-dealkylation sites (tertiary alicyclic amines) is 1. The molecule has 2 rings (SSSR count). The molecule has 1 aliphatic rings. The van der Waals surface area contributed by atoms with Crippen LogP contribution in [-0.2, 0) is 4.74 Å². The van der Waals surface area contributed by atoms with Crippen molar-refractivity contribution in [2.24, 2.45) is 0 Å². The van der Waals surface area contributed by atoms with Gasteiger partial charge in [0.2, 0.25) is 0 Å². The summed E-state index contributed by atoms with van der Waals surface area (Å²) in [5, 5.41) is 2.64. The first kappa shape index (κ1) is 16.2. The number of halogens is 2. The minimum absolute atomic E-state index is 0.200. The van der Waals surface area contributed by atoms with E-state index < -0.39 is 29.2 Å². The van der Waals surface area contributed by atoms with Crippen LogP contribution in [0, 0.1) is 11.6 Å². The predicted molar refractivity (Wildman–Crippen MR) is 75.4 cm³/mol. The van der Waals surface area contributed by atoms with E-state index in [-0.39, 0.29) is 19.2 Å². The Morgan fingerprint density at radius 1 is 1.36 bits per heavy atom. The van der Waals surface area contributed by atoms with Crippen molar-refractivity contribution in [2.75, 3.05) is 19.7 Å². The van der Waals surface area contributed by atoms with E-state index in [4.69, 9.17) is 4.74 Å². The van der Waals surface area contributed by atoms with Gasteiger partial charge in [-0.2, -0.15) is 0 Å². The fourth-order valence-corrected chi connectivity index (χ4v) is 2.48. The molecule has 0 radical (unpaired) electrons.